The van der Waals surface area contributed by atoms with Crippen LogP contribution in [0.3, 0.4) is 0 Å². The van der Waals surface area contributed by atoms with E-state index in [9.17, 15) is 14.7 Å². The van der Waals surface area contributed by atoms with Crippen LogP contribution < -0.4 is 5.32 Å². The molecule has 2 bridgehead atoms. The summed E-state index contributed by atoms with van der Waals surface area (Å²) < 4.78 is 5.69. The van der Waals surface area contributed by atoms with E-state index >= 15 is 0 Å². The van der Waals surface area contributed by atoms with Crippen molar-refractivity contribution in [3.8, 4) is 0 Å². The van der Waals surface area contributed by atoms with Gasteiger partial charge in [0.2, 0.25) is 5.91 Å². The fourth-order valence-corrected chi connectivity index (χ4v) is 5.08. The Kier molecular flexibility index (Phi) is 3.96. The van der Waals surface area contributed by atoms with Gasteiger partial charge in [-0.3, -0.25) is 9.59 Å². The van der Waals surface area contributed by atoms with Crippen molar-refractivity contribution in [2.45, 2.75) is 71.1 Å². The number of hydrogen-bond acceptors (Lipinski definition) is 3. The van der Waals surface area contributed by atoms with Crippen LogP contribution in [0.4, 0.5) is 0 Å². The van der Waals surface area contributed by atoms with Crippen LogP contribution in [0, 0.1) is 23.2 Å². The third-order valence-electron chi connectivity index (χ3n) is 5.59. The van der Waals surface area contributed by atoms with E-state index in [4.69, 9.17) is 4.74 Å². The molecule has 6 atom stereocenters. The van der Waals surface area contributed by atoms with Crippen molar-refractivity contribution >= 4 is 11.9 Å². The molecule has 0 unspecified atom stereocenters. The first kappa shape index (κ1) is 15.8. The Morgan fingerprint density at radius 3 is 2.36 bits per heavy atom. The molecule has 0 spiro atoms. The molecule has 0 aromatic carbocycles. The van der Waals surface area contributed by atoms with Gasteiger partial charge in [-0.05, 0) is 43.4 Å². The molecule has 1 amide bonds. The van der Waals surface area contributed by atoms with Gasteiger partial charge in [-0.2, -0.15) is 0 Å². The first-order chi connectivity index (χ1) is 10.3. The van der Waals surface area contributed by atoms with Gasteiger partial charge in [-0.15, -0.1) is 0 Å². The molecular weight excluding hydrogens is 282 g/mol. The van der Waals surface area contributed by atoms with Crippen LogP contribution in [0.25, 0.3) is 0 Å². The van der Waals surface area contributed by atoms with Gasteiger partial charge in [-0.25, -0.2) is 0 Å². The molecule has 2 saturated heterocycles. The summed E-state index contributed by atoms with van der Waals surface area (Å²) in [6.45, 7) is 6.70. The van der Waals surface area contributed by atoms with Crippen LogP contribution in [0.1, 0.15) is 52.9 Å². The van der Waals surface area contributed by atoms with Crippen molar-refractivity contribution in [1.82, 2.24) is 5.32 Å². The summed E-state index contributed by atoms with van der Waals surface area (Å²) in [5, 5.41) is 12.6. The van der Waals surface area contributed by atoms with E-state index in [0.29, 0.717) is 5.92 Å². The monoisotopic (exact) mass is 309 g/mol. The van der Waals surface area contributed by atoms with Gasteiger partial charge in [0, 0.05) is 6.04 Å². The number of carboxylic acid groups (broad SMARTS) is 1. The molecule has 0 radical (unpaired) electrons. The normalized spacial score (nSPS) is 43.0. The summed E-state index contributed by atoms with van der Waals surface area (Å²) in [6.07, 6.45) is 4.20. The lowest BCUT2D eigenvalue weighted by Crippen LogP contribution is -2.49. The van der Waals surface area contributed by atoms with Crippen LogP contribution in [0.5, 0.6) is 0 Å². The molecule has 3 fully saturated rings. The standard InChI is InChI=1S/C17H27NO4/c1-9-6-10(8-17(2,3)7-9)18-15(19)13-11-4-5-12(22-11)14(13)16(20)21/h9-14H,4-8H2,1-3H3,(H,18,19)(H,20,21)/t9-,10+,11-,12-,13+,14+/m1/s1. The highest BCUT2D eigenvalue weighted by Crippen LogP contribution is 2.44. The van der Waals surface area contributed by atoms with Gasteiger partial charge < -0.3 is 15.2 Å². The predicted octanol–water partition coefficient (Wildman–Crippen LogP) is 2.20. The Labute approximate surface area is 131 Å². The number of aliphatic carboxylic acids is 1. The molecule has 0 aromatic rings. The van der Waals surface area contributed by atoms with Crippen molar-refractivity contribution < 1.29 is 19.4 Å². The number of carboxylic acids is 1. The number of fused-ring (bicyclic) bond motifs is 2. The van der Waals surface area contributed by atoms with E-state index < -0.39 is 17.8 Å². The molecule has 5 nitrogen and oxygen atoms in total. The van der Waals surface area contributed by atoms with Gasteiger partial charge in [0.1, 0.15) is 0 Å². The first-order valence-electron chi connectivity index (χ1n) is 8.45. The molecule has 3 rings (SSSR count). The molecule has 0 aromatic heterocycles. The van der Waals surface area contributed by atoms with Crippen molar-refractivity contribution in [3.05, 3.63) is 0 Å². The number of ether oxygens (including phenoxy) is 1. The lowest BCUT2D eigenvalue weighted by Gasteiger charge is -2.40. The maximum Gasteiger partial charge on any atom is 0.310 e. The van der Waals surface area contributed by atoms with Gasteiger partial charge in [0.25, 0.3) is 0 Å². The topological polar surface area (TPSA) is 75.6 Å². The summed E-state index contributed by atoms with van der Waals surface area (Å²) in [5.41, 5.74) is 0.229. The van der Waals surface area contributed by atoms with E-state index in [1.54, 1.807) is 0 Å². The quantitative estimate of drug-likeness (QED) is 0.838. The zero-order chi connectivity index (χ0) is 16.1. The minimum absolute atomic E-state index is 0.116. The first-order valence-corrected chi connectivity index (χ1v) is 8.45. The smallest absolute Gasteiger partial charge is 0.310 e. The molecule has 2 aliphatic heterocycles. The maximum absolute atomic E-state index is 12.7. The lowest BCUT2D eigenvalue weighted by molar-refractivity contribution is -0.148. The number of rotatable bonds is 3. The minimum atomic E-state index is -0.898. The van der Waals surface area contributed by atoms with Gasteiger partial charge in [0.15, 0.2) is 0 Å². The maximum atomic E-state index is 12.7. The highest BCUT2D eigenvalue weighted by molar-refractivity contribution is 5.86. The Morgan fingerprint density at radius 2 is 1.77 bits per heavy atom. The zero-order valence-electron chi connectivity index (χ0n) is 13.7. The molecule has 22 heavy (non-hydrogen) atoms. The van der Waals surface area contributed by atoms with Crippen molar-refractivity contribution in [1.29, 1.82) is 0 Å². The Balaban J connectivity index is 1.68. The van der Waals surface area contributed by atoms with Crippen LogP contribution in [0.2, 0.25) is 0 Å². The molecule has 5 heteroatoms. The highest BCUT2D eigenvalue weighted by Gasteiger charge is 2.55. The summed E-state index contributed by atoms with van der Waals surface area (Å²) in [6, 6.07) is 0.153. The Hall–Kier alpha value is -1.10. The highest BCUT2D eigenvalue weighted by atomic mass is 16.5. The van der Waals surface area contributed by atoms with E-state index in [1.165, 1.54) is 6.42 Å². The van der Waals surface area contributed by atoms with Crippen LogP contribution in [-0.4, -0.2) is 35.2 Å². The van der Waals surface area contributed by atoms with E-state index in [-0.39, 0.29) is 29.6 Å². The fraction of sp³-hybridized carbons (Fsp3) is 0.882. The summed E-state index contributed by atoms with van der Waals surface area (Å²) in [4.78, 5) is 24.2. The molecule has 1 aliphatic carbocycles. The van der Waals surface area contributed by atoms with Crippen molar-refractivity contribution in [2.75, 3.05) is 0 Å². The van der Waals surface area contributed by atoms with Crippen LogP contribution in [0.15, 0.2) is 0 Å². The second kappa shape index (κ2) is 5.52. The fourth-order valence-electron chi connectivity index (χ4n) is 5.08. The van der Waals surface area contributed by atoms with Crippen molar-refractivity contribution in [2.24, 2.45) is 23.2 Å². The second-order valence-electron chi connectivity index (χ2n) is 8.30. The SMILES string of the molecule is C[C@@H]1C[C@H](NC(=O)[C@@H]2[C@@H](C(=O)O)[C@H]3CC[C@H]2O3)CC(C)(C)C1. The number of nitrogens with one attached hydrogen (secondary N) is 1. The second-order valence-corrected chi connectivity index (χ2v) is 8.30. The molecule has 2 heterocycles. The third kappa shape index (κ3) is 2.87. The number of hydrogen-bond donors (Lipinski definition) is 2. The zero-order valence-corrected chi connectivity index (χ0v) is 13.7. The summed E-state index contributed by atoms with van der Waals surface area (Å²) in [7, 11) is 0. The minimum Gasteiger partial charge on any atom is -0.481 e. The molecule has 3 aliphatic rings. The van der Waals surface area contributed by atoms with E-state index in [2.05, 4.69) is 26.1 Å². The molecular formula is C17H27NO4. The van der Waals surface area contributed by atoms with Gasteiger partial charge in [-0.1, -0.05) is 20.8 Å². The average molecular weight is 309 g/mol. The van der Waals surface area contributed by atoms with E-state index in [0.717, 1.165) is 25.7 Å². The van der Waals surface area contributed by atoms with Gasteiger partial charge >= 0.3 is 5.97 Å². The predicted molar refractivity (Wildman–Crippen MR) is 81.2 cm³/mol. The number of carbonyl (C=O) groups excluding carboxylic acids is 1. The molecule has 2 N–H and O–H groups in total. The van der Waals surface area contributed by atoms with Crippen molar-refractivity contribution in [3.63, 3.8) is 0 Å². The van der Waals surface area contributed by atoms with Crippen LogP contribution in [-0.2, 0) is 14.3 Å². The number of amides is 1. The number of carbonyl (C=O) groups is 2. The largest absolute Gasteiger partial charge is 0.481 e. The molecule has 124 valence electrons. The average Bonchev–Trinajstić information content (AvgIpc) is 2.95. The lowest BCUT2D eigenvalue weighted by atomic mass is 9.70. The Morgan fingerprint density at radius 1 is 1.14 bits per heavy atom. The molecule has 1 saturated carbocycles. The Bertz CT molecular complexity index is 475. The summed E-state index contributed by atoms with van der Waals surface area (Å²) >= 11 is 0. The summed E-state index contributed by atoms with van der Waals surface area (Å²) in [5.74, 6) is -1.62. The van der Waals surface area contributed by atoms with Gasteiger partial charge in [0.05, 0.1) is 24.0 Å². The van der Waals surface area contributed by atoms with E-state index in [1.807, 2.05) is 0 Å². The third-order valence-corrected chi connectivity index (χ3v) is 5.59. The van der Waals surface area contributed by atoms with Crippen LogP contribution >= 0.6 is 0 Å².